The van der Waals surface area contributed by atoms with E-state index in [2.05, 4.69) is 5.32 Å². The van der Waals surface area contributed by atoms with E-state index < -0.39 is 22.5 Å². The van der Waals surface area contributed by atoms with Crippen molar-refractivity contribution >= 4 is 33.2 Å². The van der Waals surface area contributed by atoms with Crippen LogP contribution in [0.3, 0.4) is 0 Å². The van der Waals surface area contributed by atoms with E-state index in [-0.39, 0.29) is 16.5 Å². The summed E-state index contributed by atoms with van der Waals surface area (Å²) in [5, 5.41) is 2.74. The highest BCUT2D eigenvalue weighted by atomic mass is 32.2. The van der Waals surface area contributed by atoms with Gasteiger partial charge in [-0.2, -0.15) is 0 Å². The van der Waals surface area contributed by atoms with Crippen molar-refractivity contribution in [1.29, 1.82) is 0 Å². The average molecular weight is 524 g/mol. The van der Waals surface area contributed by atoms with Crippen LogP contribution in [0.15, 0.2) is 77.7 Å². The number of morpholine rings is 1. The Kier molecular flexibility index (Phi) is 8.10. The van der Waals surface area contributed by atoms with Gasteiger partial charge in [0.05, 0.1) is 42.2 Å². The van der Waals surface area contributed by atoms with Crippen molar-refractivity contribution in [3.05, 3.63) is 83.9 Å². The van der Waals surface area contributed by atoms with Crippen LogP contribution in [0.5, 0.6) is 5.75 Å². The first-order valence-corrected chi connectivity index (χ1v) is 13.2. The number of sulfonamides is 1. The Labute approximate surface area is 216 Å². The largest absolute Gasteiger partial charge is 0.495 e. The zero-order chi connectivity index (χ0) is 26.4. The predicted molar refractivity (Wildman–Crippen MR) is 140 cm³/mol. The number of nitrogens with one attached hydrogen (secondary N) is 1. The number of aryl methyl sites for hydroxylation is 1. The smallest absolute Gasteiger partial charge is 0.264 e. The first kappa shape index (κ1) is 26.2. The van der Waals surface area contributed by atoms with Gasteiger partial charge in [-0.25, -0.2) is 8.42 Å². The molecule has 9 nitrogen and oxygen atoms in total. The number of hydrogen-bond donors (Lipinski definition) is 1. The second-order valence-corrected chi connectivity index (χ2v) is 10.4. The van der Waals surface area contributed by atoms with Crippen molar-refractivity contribution in [2.45, 2.75) is 11.8 Å². The topological polar surface area (TPSA) is 105 Å². The van der Waals surface area contributed by atoms with Crippen LogP contribution in [0.1, 0.15) is 15.9 Å². The number of methoxy groups -OCH3 is 1. The molecule has 37 heavy (non-hydrogen) atoms. The van der Waals surface area contributed by atoms with Crippen LogP contribution < -0.4 is 14.4 Å². The summed E-state index contributed by atoms with van der Waals surface area (Å²) in [7, 11) is -2.70. The Morgan fingerprint density at radius 2 is 1.62 bits per heavy atom. The summed E-state index contributed by atoms with van der Waals surface area (Å²) in [6, 6.07) is 19.6. The van der Waals surface area contributed by atoms with Gasteiger partial charge in [-0.3, -0.25) is 13.9 Å². The molecule has 1 aliphatic rings. The number of hydrogen-bond acceptors (Lipinski definition) is 6. The van der Waals surface area contributed by atoms with Gasteiger partial charge in [-0.15, -0.1) is 0 Å². The second kappa shape index (κ2) is 11.4. The van der Waals surface area contributed by atoms with E-state index in [0.717, 1.165) is 9.87 Å². The minimum Gasteiger partial charge on any atom is -0.495 e. The first-order valence-electron chi connectivity index (χ1n) is 11.8. The molecule has 3 aromatic carbocycles. The fourth-order valence-corrected chi connectivity index (χ4v) is 5.44. The molecule has 0 aliphatic carbocycles. The molecule has 1 N–H and O–H groups in total. The zero-order valence-electron chi connectivity index (χ0n) is 20.7. The second-order valence-electron chi connectivity index (χ2n) is 8.49. The number of amides is 2. The summed E-state index contributed by atoms with van der Waals surface area (Å²) < 4.78 is 39.1. The quantitative estimate of drug-likeness (QED) is 0.486. The zero-order valence-corrected chi connectivity index (χ0v) is 21.5. The maximum atomic E-state index is 13.7. The normalized spacial score (nSPS) is 13.6. The molecule has 0 spiro atoms. The third kappa shape index (κ3) is 5.92. The Morgan fingerprint density at radius 1 is 0.973 bits per heavy atom. The number of carbonyl (C=O) groups is 2. The first-order chi connectivity index (χ1) is 17.8. The van der Waals surface area contributed by atoms with E-state index in [9.17, 15) is 18.0 Å². The highest BCUT2D eigenvalue weighted by Crippen LogP contribution is 2.32. The Hall–Kier alpha value is -3.89. The van der Waals surface area contributed by atoms with Crippen LogP contribution in [-0.2, 0) is 19.6 Å². The van der Waals surface area contributed by atoms with Crippen molar-refractivity contribution < 1.29 is 27.5 Å². The SMILES string of the molecule is COc1ccccc1N(CC(=O)Nc1ccccc1C(=O)N1CCOCC1)S(=O)(=O)c1ccc(C)cc1. The third-order valence-electron chi connectivity index (χ3n) is 5.98. The van der Waals surface area contributed by atoms with Gasteiger partial charge in [0.2, 0.25) is 5.91 Å². The summed E-state index contributed by atoms with van der Waals surface area (Å²) in [4.78, 5) is 28.1. The van der Waals surface area contributed by atoms with E-state index in [1.165, 1.54) is 19.2 Å². The molecular weight excluding hydrogens is 494 g/mol. The summed E-state index contributed by atoms with van der Waals surface area (Å²) in [5.41, 5.74) is 1.75. The summed E-state index contributed by atoms with van der Waals surface area (Å²) >= 11 is 0. The minimum absolute atomic E-state index is 0.0414. The third-order valence-corrected chi connectivity index (χ3v) is 7.75. The Bertz CT molecular complexity index is 1370. The lowest BCUT2D eigenvalue weighted by atomic mass is 10.1. The van der Waals surface area contributed by atoms with E-state index in [4.69, 9.17) is 9.47 Å². The molecule has 1 fully saturated rings. The van der Waals surface area contributed by atoms with Crippen molar-refractivity contribution in [3.8, 4) is 5.75 Å². The molecule has 1 heterocycles. The molecule has 1 aliphatic heterocycles. The molecule has 0 aromatic heterocycles. The van der Waals surface area contributed by atoms with Gasteiger partial charge in [0.15, 0.2) is 0 Å². The summed E-state index contributed by atoms with van der Waals surface area (Å²) in [5.74, 6) is -0.536. The van der Waals surface area contributed by atoms with Gasteiger partial charge in [-0.05, 0) is 43.3 Å². The number of para-hydroxylation sites is 3. The van der Waals surface area contributed by atoms with Crippen LogP contribution in [0, 0.1) is 6.92 Å². The molecule has 0 radical (unpaired) electrons. The molecule has 0 saturated carbocycles. The minimum atomic E-state index is -4.13. The number of ether oxygens (including phenoxy) is 2. The van der Waals surface area contributed by atoms with Crippen molar-refractivity contribution in [2.24, 2.45) is 0 Å². The molecule has 1 saturated heterocycles. The molecule has 10 heteroatoms. The molecule has 194 valence electrons. The Balaban J connectivity index is 1.64. The highest BCUT2D eigenvalue weighted by molar-refractivity contribution is 7.92. The summed E-state index contributed by atoms with van der Waals surface area (Å²) in [6.07, 6.45) is 0. The molecule has 0 unspecified atom stereocenters. The van der Waals surface area contributed by atoms with Crippen LogP contribution in [0.25, 0.3) is 0 Å². The lowest BCUT2D eigenvalue weighted by Crippen LogP contribution is -2.41. The van der Waals surface area contributed by atoms with E-state index in [0.29, 0.717) is 43.3 Å². The lowest BCUT2D eigenvalue weighted by Gasteiger charge is -2.28. The van der Waals surface area contributed by atoms with Gasteiger partial charge in [0.25, 0.3) is 15.9 Å². The van der Waals surface area contributed by atoms with Gasteiger partial charge >= 0.3 is 0 Å². The highest BCUT2D eigenvalue weighted by Gasteiger charge is 2.30. The molecule has 3 aromatic rings. The fourth-order valence-electron chi connectivity index (χ4n) is 4.01. The van der Waals surface area contributed by atoms with E-state index in [1.54, 1.807) is 65.6 Å². The van der Waals surface area contributed by atoms with E-state index >= 15 is 0 Å². The average Bonchev–Trinajstić information content (AvgIpc) is 2.92. The van der Waals surface area contributed by atoms with Gasteiger partial charge < -0.3 is 19.7 Å². The molecule has 0 bridgehead atoms. The number of nitrogens with zero attached hydrogens (tertiary/aromatic N) is 2. The number of anilines is 2. The number of rotatable bonds is 8. The van der Waals surface area contributed by atoms with Crippen LogP contribution in [0.2, 0.25) is 0 Å². The monoisotopic (exact) mass is 523 g/mol. The van der Waals surface area contributed by atoms with Crippen LogP contribution in [0.4, 0.5) is 11.4 Å². The molecular formula is C27H29N3O6S. The van der Waals surface area contributed by atoms with Crippen LogP contribution in [-0.4, -0.2) is 65.1 Å². The van der Waals surface area contributed by atoms with Crippen molar-refractivity contribution in [2.75, 3.05) is 49.6 Å². The number of benzene rings is 3. The van der Waals surface area contributed by atoms with Crippen molar-refractivity contribution in [1.82, 2.24) is 4.90 Å². The number of carbonyl (C=O) groups excluding carboxylic acids is 2. The standard InChI is InChI=1S/C27H29N3O6S/c1-20-11-13-21(14-12-20)37(33,34)30(24-9-5-6-10-25(24)35-2)19-26(31)28-23-8-4-3-7-22(23)27(32)29-15-17-36-18-16-29/h3-14H,15-19H2,1-2H3,(H,28,31). The fraction of sp³-hybridized carbons (Fsp3) is 0.259. The maximum Gasteiger partial charge on any atom is 0.264 e. The van der Waals surface area contributed by atoms with Gasteiger partial charge in [0, 0.05) is 13.1 Å². The van der Waals surface area contributed by atoms with E-state index in [1.807, 2.05) is 6.92 Å². The Morgan fingerprint density at radius 3 is 2.32 bits per heavy atom. The van der Waals surface area contributed by atoms with Gasteiger partial charge in [0.1, 0.15) is 12.3 Å². The predicted octanol–water partition coefficient (Wildman–Crippen LogP) is 3.31. The van der Waals surface area contributed by atoms with Crippen molar-refractivity contribution in [3.63, 3.8) is 0 Å². The van der Waals surface area contributed by atoms with Gasteiger partial charge in [-0.1, -0.05) is 42.0 Å². The molecule has 4 rings (SSSR count). The van der Waals surface area contributed by atoms with Crippen LogP contribution >= 0.6 is 0 Å². The molecule has 2 amide bonds. The lowest BCUT2D eigenvalue weighted by molar-refractivity contribution is -0.114. The summed E-state index contributed by atoms with van der Waals surface area (Å²) in [6.45, 7) is 3.14. The maximum absolute atomic E-state index is 13.7. The molecule has 0 atom stereocenters.